The molecule has 6 heteroatoms. The van der Waals surface area contributed by atoms with E-state index in [1.54, 1.807) is 4.31 Å². The summed E-state index contributed by atoms with van der Waals surface area (Å²) in [6, 6.07) is 0.100. The van der Waals surface area contributed by atoms with E-state index in [4.69, 9.17) is 0 Å². The van der Waals surface area contributed by atoms with Gasteiger partial charge in [0.05, 0.1) is 0 Å². The van der Waals surface area contributed by atoms with Gasteiger partial charge in [0, 0.05) is 19.1 Å². The largest absolute Gasteiger partial charge is 0.319 e. The van der Waals surface area contributed by atoms with Crippen LogP contribution < -0.4 is 10.0 Å². The van der Waals surface area contributed by atoms with Crippen LogP contribution in [0, 0.1) is 17.8 Å². The molecule has 1 heterocycles. The number of nitrogens with one attached hydrogen (secondary N) is 2. The van der Waals surface area contributed by atoms with Gasteiger partial charge in [-0.15, -0.1) is 0 Å². The zero-order valence-corrected chi connectivity index (χ0v) is 14.5. The monoisotopic (exact) mass is 317 g/mol. The quantitative estimate of drug-likeness (QED) is 0.809. The lowest BCUT2D eigenvalue weighted by atomic mass is 9.78. The van der Waals surface area contributed by atoms with Gasteiger partial charge in [-0.05, 0) is 50.6 Å². The number of hydrogen-bond donors (Lipinski definition) is 2. The maximum Gasteiger partial charge on any atom is 0.279 e. The molecule has 2 fully saturated rings. The Morgan fingerprint density at radius 2 is 1.90 bits per heavy atom. The molecule has 0 spiro atoms. The Morgan fingerprint density at radius 1 is 1.14 bits per heavy atom. The summed E-state index contributed by atoms with van der Waals surface area (Å²) in [6.45, 7) is 6.61. The van der Waals surface area contributed by atoms with E-state index in [1.165, 1.54) is 6.42 Å². The van der Waals surface area contributed by atoms with E-state index < -0.39 is 10.2 Å². The number of piperidine rings is 1. The second-order valence-electron chi connectivity index (χ2n) is 6.92. The first-order chi connectivity index (χ1) is 9.94. The Kier molecular flexibility index (Phi) is 6.05. The Balaban J connectivity index is 1.97. The Hall–Kier alpha value is -0.170. The highest BCUT2D eigenvalue weighted by atomic mass is 32.2. The molecule has 2 rings (SSSR count). The minimum Gasteiger partial charge on any atom is -0.319 e. The van der Waals surface area contributed by atoms with Crippen LogP contribution in [0.25, 0.3) is 0 Å². The van der Waals surface area contributed by atoms with Gasteiger partial charge in [0.15, 0.2) is 0 Å². The van der Waals surface area contributed by atoms with Crippen molar-refractivity contribution < 1.29 is 8.42 Å². The molecule has 0 bridgehead atoms. The molecule has 5 nitrogen and oxygen atoms in total. The van der Waals surface area contributed by atoms with Gasteiger partial charge in [-0.1, -0.05) is 26.7 Å². The molecule has 1 saturated heterocycles. The van der Waals surface area contributed by atoms with Crippen molar-refractivity contribution in [2.75, 3.05) is 26.7 Å². The molecule has 1 aliphatic heterocycles. The minimum atomic E-state index is -3.33. The predicted octanol–water partition coefficient (Wildman–Crippen LogP) is 1.58. The fourth-order valence-corrected chi connectivity index (χ4v) is 5.36. The van der Waals surface area contributed by atoms with Gasteiger partial charge in [-0.2, -0.15) is 17.4 Å². The Bertz CT molecular complexity index is 425. The van der Waals surface area contributed by atoms with Crippen molar-refractivity contribution in [3.05, 3.63) is 0 Å². The second-order valence-corrected chi connectivity index (χ2v) is 8.62. The molecule has 0 amide bonds. The van der Waals surface area contributed by atoms with Gasteiger partial charge >= 0.3 is 0 Å². The first kappa shape index (κ1) is 17.2. The summed E-state index contributed by atoms with van der Waals surface area (Å²) < 4.78 is 29.9. The van der Waals surface area contributed by atoms with E-state index in [2.05, 4.69) is 23.9 Å². The molecule has 1 aliphatic carbocycles. The fourth-order valence-electron chi connectivity index (χ4n) is 3.71. The maximum atomic E-state index is 12.7. The van der Waals surface area contributed by atoms with E-state index in [1.807, 2.05) is 7.05 Å². The molecule has 0 aromatic rings. The van der Waals surface area contributed by atoms with Crippen molar-refractivity contribution in [1.82, 2.24) is 14.3 Å². The van der Waals surface area contributed by atoms with Crippen LogP contribution in [0.3, 0.4) is 0 Å². The molecule has 0 aromatic heterocycles. The molecular formula is C15H31N3O2S. The van der Waals surface area contributed by atoms with E-state index in [-0.39, 0.29) is 6.04 Å². The lowest BCUT2D eigenvalue weighted by Crippen LogP contribution is -2.52. The summed E-state index contributed by atoms with van der Waals surface area (Å²) >= 11 is 0. The van der Waals surface area contributed by atoms with Crippen molar-refractivity contribution in [2.24, 2.45) is 17.8 Å². The third kappa shape index (κ3) is 4.41. The molecule has 0 aromatic carbocycles. The van der Waals surface area contributed by atoms with Crippen LogP contribution in [0.2, 0.25) is 0 Å². The third-order valence-corrected chi connectivity index (χ3v) is 6.93. The average Bonchev–Trinajstić information content (AvgIpc) is 2.44. The van der Waals surface area contributed by atoms with Gasteiger partial charge in [0.2, 0.25) is 0 Å². The van der Waals surface area contributed by atoms with Crippen molar-refractivity contribution in [1.29, 1.82) is 0 Å². The lowest BCUT2D eigenvalue weighted by molar-refractivity contribution is 0.217. The molecule has 4 atom stereocenters. The smallest absolute Gasteiger partial charge is 0.279 e. The molecule has 0 radical (unpaired) electrons. The zero-order valence-electron chi connectivity index (χ0n) is 13.6. The molecule has 2 N–H and O–H groups in total. The van der Waals surface area contributed by atoms with Gasteiger partial charge < -0.3 is 5.32 Å². The summed E-state index contributed by atoms with van der Waals surface area (Å²) in [5.74, 6) is 1.46. The van der Waals surface area contributed by atoms with Gasteiger partial charge in [0.1, 0.15) is 0 Å². The molecule has 2 aliphatic rings. The Morgan fingerprint density at radius 3 is 2.62 bits per heavy atom. The highest BCUT2D eigenvalue weighted by Crippen LogP contribution is 2.30. The SMILES string of the molecule is CNCC1CCCN(S(=O)(=O)NC2CCCC(C)C2C)C1. The van der Waals surface area contributed by atoms with E-state index in [0.717, 1.165) is 32.2 Å². The first-order valence-corrected chi connectivity index (χ1v) is 9.80. The highest BCUT2D eigenvalue weighted by molar-refractivity contribution is 7.87. The topological polar surface area (TPSA) is 61.4 Å². The van der Waals surface area contributed by atoms with Crippen LogP contribution in [0.4, 0.5) is 0 Å². The molecule has 124 valence electrons. The predicted molar refractivity (Wildman–Crippen MR) is 86.2 cm³/mol. The standard InChI is InChI=1S/C15H31N3O2S/c1-12-6-4-8-15(13(12)2)17-21(19,20)18-9-5-7-14(11-18)10-16-3/h12-17H,4-11H2,1-3H3. The second kappa shape index (κ2) is 7.40. The zero-order chi connectivity index (χ0) is 15.5. The lowest BCUT2D eigenvalue weighted by Gasteiger charge is -2.37. The number of rotatable bonds is 5. The number of hydrogen-bond acceptors (Lipinski definition) is 3. The Labute approximate surface area is 130 Å². The summed E-state index contributed by atoms with van der Waals surface area (Å²) in [6.07, 6.45) is 5.39. The van der Waals surface area contributed by atoms with Crippen LogP contribution in [-0.2, 0) is 10.2 Å². The van der Waals surface area contributed by atoms with Crippen LogP contribution in [0.1, 0.15) is 46.0 Å². The van der Waals surface area contributed by atoms with E-state index in [9.17, 15) is 8.42 Å². The fraction of sp³-hybridized carbons (Fsp3) is 1.00. The highest BCUT2D eigenvalue weighted by Gasteiger charge is 2.34. The normalized spacial score (nSPS) is 35.8. The molecule has 1 saturated carbocycles. The number of nitrogens with zero attached hydrogens (tertiary/aromatic N) is 1. The van der Waals surface area contributed by atoms with Crippen molar-refractivity contribution in [3.8, 4) is 0 Å². The summed E-state index contributed by atoms with van der Waals surface area (Å²) in [4.78, 5) is 0. The molecule has 4 unspecified atom stereocenters. The minimum absolute atomic E-state index is 0.100. The molecular weight excluding hydrogens is 286 g/mol. The average molecular weight is 317 g/mol. The van der Waals surface area contributed by atoms with Crippen LogP contribution in [0.5, 0.6) is 0 Å². The maximum absolute atomic E-state index is 12.7. The summed E-state index contributed by atoms with van der Waals surface area (Å²) in [5, 5.41) is 3.16. The van der Waals surface area contributed by atoms with Crippen LogP contribution in [-0.4, -0.2) is 45.4 Å². The van der Waals surface area contributed by atoms with Crippen molar-refractivity contribution >= 4 is 10.2 Å². The van der Waals surface area contributed by atoms with Crippen molar-refractivity contribution in [2.45, 2.75) is 52.0 Å². The van der Waals surface area contributed by atoms with Crippen LogP contribution in [0.15, 0.2) is 0 Å². The van der Waals surface area contributed by atoms with Crippen molar-refractivity contribution in [3.63, 3.8) is 0 Å². The van der Waals surface area contributed by atoms with E-state index in [0.29, 0.717) is 30.8 Å². The van der Waals surface area contributed by atoms with E-state index >= 15 is 0 Å². The van der Waals surface area contributed by atoms with Gasteiger partial charge in [-0.3, -0.25) is 0 Å². The first-order valence-electron chi connectivity index (χ1n) is 8.36. The molecule has 21 heavy (non-hydrogen) atoms. The van der Waals surface area contributed by atoms with Gasteiger partial charge in [0.25, 0.3) is 10.2 Å². The third-order valence-electron chi connectivity index (χ3n) is 5.32. The van der Waals surface area contributed by atoms with Crippen LogP contribution >= 0.6 is 0 Å². The summed E-state index contributed by atoms with van der Waals surface area (Å²) in [5.41, 5.74) is 0. The van der Waals surface area contributed by atoms with Gasteiger partial charge in [-0.25, -0.2) is 0 Å². The summed E-state index contributed by atoms with van der Waals surface area (Å²) in [7, 11) is -1.41.